The first-order valence-corrected chi connectivity index (χ1v) is 7.59. The fourth-order valence-electron chi connectivity index (χ4n) is 1.70. The van der Waals surface area contributed by atoms with Gasteiger partial charge in [0.05, 0.1) is 10.0 Å². The van der Waals surface area contributed by atoms with Crippen molar-refractivity contribution in [2.45, 2.75) is 13.1 Å². The minimum atomic E-state index is 0.508. The van der Waals surface area contributed by atoms with E-state index in [-0.39, 0.29) is 0 Å². The molecule has 0 amide bonds. The van der Waals surface area contributed by atoms with Crippen LogP contribution in [0.3, 0.4) is 0 Å². The van der Waals surface area contributed by atoms with Gasteiger partial charge in [0.25, 0.3) is 0 Å². The van der Waals surface area contributed by atoms with E-state index in [1.807, 2.05) is 18.2 Å². The smallest absolute Gasteiger partial charge is 0.0652 e. The molecule has 2 aromatic carbocycles. The number of rotatable bonds is 4. The Hall–Kier alpha value is -0.250. The van der Waals surface area contributed by atoms with Crippen LogP contribution >= 0.6 is 50.7 Å². The lowest BCUT2D eigenvalue weighted by molar-refractivity contribution is 0.692. The summed E-state index contributed by atoms with van der Waals surface area (Å²) in [4.78, 5) is 0. The van der Waals surface area contributed by atoms with Crippen LogP contribution < -0.4 is 5.32 Å². The van der Waals surface area contributed by atoms with Crippen molar-refractivity contribution in [3.63, 3.8) is 0 Å². The predicted octanol–water partition coefficient (Wildman–Crippen LogP) is 5.70. The molecule has 1 N–H and O–H groups in total. The van der Waals surface area contributed by atoms with E-state index >= 15 is 0 Å². The molecule has 0 bridgehead atoms. The molecule has 0 unspecified atom stereocenters. The first-order chi connectivity index (χ1) is 9.09. The maximum absolute atomic E-state index is 6.15. The van der Waals surface area contributed by atoms with Crippen molar-refractivity contribution in [1.82, 2.24) is 5.32 Å². The molecule has 0 heterocycles. The van der Waals surface area contributed by atoms with Crippen molar-refractivity contribution in [3.8, 4) is 0 Å². The van der Waals surface area contributed by atoms with Gasteiger partial charge < -0.3 is 5.32 Å². The van der Waals surface area contributed by atoms with Crippen molar-refractivity contribution >= 4 is 50.7 Å². The number of hydrogen-bond donors (Lipinski definition) is 1. The van der Waals surface area contributed by atoms with E-state index in [0.29, 0.717) is 21.6 Å². The number of nitrogens with one attached hydrogen (secondary N) is 1. The molecule has 2 rings (SSSR count). The highest BCUT2D eigenvalue weighted by molar-refractivity contribution is 9.10. The van der Waals surface area contributed by atoms with Crippen LogP contribution in [0.4, 0.5) is 0 Å². The predicted molar refractivity (Wildman–Crippen MR) is 86.2 cm³/mol. The number of halogens is 4. The Morgan fingerprint density at radius 1 is 0.895 bits per heavy atom. The van der Waals surface area contributed by atoms with Crippen LogP contribution in [0.1, 0.15) is 11.1 Å². The lowest BCUT2D eigenvalue weighted by Crippen LogP contribution is -2.13. The summed E-state index contributed by atoms with van der Waals surface area (Å²) >= 11 is 21.8. The van der Waals surface area contributed by atoms with Crippen LogP contribution in [0.2, 0.25) is 15.1 Å². The summed E-state index contributed by atoms with van der Waals surface area (Å²) in [6.45, 7) is 1.29. The maximum Gasteiger partial charge on any atom is 0.0652 e. The van der Waals surface area contributed by atoms with Gasteiger partial charge >= 0.3 is 0 Å². The van der Waals surface area contributed by atoms with Gasteiger partial charge in [-0.05, 0) is 23.8 Å². The standard InChI is InChI=1S/C14H11BrCl3N/c15-11-4-2-1-3-9(11)7-19-8-10-12(16)5-6-13(17)14(10)18/h1-6,19H,7-8H2. The van der Waals surface area contributed by atoms with Gasteiger partial charge in [-0.25, -0.2) is 0 Å². The molecule has 1 nitrogen and oxygen atoms in total. The zero-order valence-corrected chi connectivity index (χ0v) is 13.7. The van der Waals surface area contributed by atoms with E-state index in [1.165, 1.54) is 5.56 Å². The first kappa shape index (κ1) is 15.1. The van der Waals surface area contributed by atoms with Crippen LogP contribution in [0, 0.1) is 0 Å². The van der Waals surface area contributed by atoms with Gasteiger partial charge in [-0.3, -0.25) is 0 Å². The van der Waals surface area contributed by atoms with Crippen LogP contribution in [-0.4, -0.2) is 0 Å². The molecule has 0 saturated carbocycles. The quantitative estimate of drug-likeness (QED) is 0.672. The molecule has 5 heteroatoms. The van der Waals surface area contributed by atoms with E-state index in [0.717, 1.165) is 16.6 Å². The second-order valence-electron chi connectivity index (χ2n) is 4.02. The number of benzene rings is 2. The van der Waals surface area contributed by atoms with Gasteiger partial charge in [-0.15, -0.1) is 0 Å². The summed E-state index contributed by atoms with van der Waals surface area (Å²) in [6.07, 6.45) is 0. The van der Waals surface area contributed by atoms with Crippen molar-refractivity contribution < 1.29 is 0 Å². The van der Waals surface area contributed by atoms with Crippen molar-refractivity contribution in [1.29, 1.82) is 0 Å². The SMILES string of the molecule is Clc1ccc(Cl)c(CNCc2ccccc2Br)c1Cl. The second-order valence-corrected chi connectivity index (χ2v) is 6.06. The second kappa shape index (κ2) is 6.96. The van der Waals surface area contributed by atoms with Gasteiger partial charge in [-0.1, -0.05) is 68.9 Å². The molecule has 0 radical (unpaired) electrons. The van der Waals surface area contributed by atoms with Gasteiger partial charge in [-0.2, -0.15) is 0 Å². The van der Waals surface area contributed by atoms with Gasteiger partial charge in [0.15, 0.2) is 0 Å². The third-order valence-electron chi connectivity index (χ3n) is 2.71. The summed E-state index contributed by atoms with van der Waals surface area (Å²) < 4.78 is 1.07. The molecule has 0 aromatic heterocycles. The van der Waals surface area contributed by atoms with Crippen LogP contribution in [0.25, 0.3) is 0 Å². The maximum atomic E-state index is 6.15. The third-order valence-corrected chi connectivity index (χ3v) is 4.69. The van der Waals surface area contributed by atoms with E-state index in [9.17, 15) is 0 Å². The summed E-state index contributed by atoms with van der Waals surface area (Å²) in [5, 5.41) is 4.96. The molecule has 0 atom stereocenters. The van der Waals surface area contributed by atoms with Gasteiger partial charge in [0, 0.05) is 28.1 Å². The van der Waals surface area contributed by atoms with Gasteiger partial charge in [0.1, 0.15) is 0 Å². The summed E-state index contributed by atoms with van der Waals surface area (Å²) in [6, 6.07) is 11.5. The van der Waals surface area contributed by atoms with Crippen molar-refractivity contribution in [2.75, 3.05) is 0 Å². The molecule has 0 aliphatic rings. The highest BCUT2D eigenvalue weighted by Gasteiger charge is 2.09. The molecule has 100 valence electrons. The molecule has 0 aliphatic carbocycles. The Balaban J connectivity index is 2.04. The molecule has 0 aliphatic heterocycles. The minimum absolute atomic E-state index is 0.508. The average molecular weight is 380 g/mol. The largest absolute Gasteiger partial charge is 0.308 e. The average Bonchev–Trinajstić information content (AvgIpc) is 2.40. The lowest BCUT2D eigenvalue weighted by atomic mass is 10.2. The Morgan fingerprint density at radius 2 is 1.58 bits per heavy atom. The minimum Gasteiger partial charge on any atom is -0.308 e. The van der Waals surface area contributed by atoms with E-state index in [1.54, 1.807) is 12.1 Å². The fourth-order valence-corrected chi connectivity index (χ4v) is 2.80. The Morgan fingerprint density at radius 3 is 2.32 bits per heavy atom. The summed E-state index contributed by atoms with van der Waals surface area (Å²) in [7, 11) is 0. The zero-order valence-electron chi connectivity index (χ0n) is 9.89. The van der Waals surface area contributed by atoms with E-state index in [4.69, 9.17) is 34.8 Å². The summed E-state index contributed by atoms with van der Waals surface area (Å²) in [5.41, 5.74) is 2.00. The zero-order chi connectivity index (χ0) is 13.8. The van der Waals surface area contributed by atoms with E-state index in [2.05, 4.69) is 27.3 Å². The molecule has 19 heavy (non-hydrogen) atoms. The van der Waals surface area contributed by atoms with E-state index < -0.39 is 0 Å². The van der Waals surface area contributed by atoms with Gasteiger partial charge in [0.2, 0.25) is 0 Å². The monoisotopic (exact) mass is 377 g/mol. The van der Waals surface area contributed by atoms with Crippen LogP contribution in [-0.2, 0) is 13.1 Å². The number of hydrogen-bond acceptors (Lipinski definition) is 1. The van der Waals surface area contributed by atoms with Crippen LogP contribution in [0.15, 0.2) is 40.9 Å². The highest BCUT2D eigenvalue weighted by Crippen LogP contribution is 2.31. The van der Waals surface area contributed by atoms with Crippen molar-refractivity contribution in [3.05, 3.63) is 67.1 Å². The van der Waals surface area contributed by atoms with Crippen LogP contribution in [0.5, 0.6) is 0 Å². The molecular formula is C14H11BrCl3N. The Labute approximate surface area is 136 Å². The molecule has 0 fully saturated rings. The summed E-state index contributed by atoms with van der Waals surface area (Å²) in [5.74, 6) is 0. The highest BCUT2D eigenvalue weighted by atomic mass is 79.9. The Kier molecular flexibility index (Phi) is 5.55. The third kappa shape index (κ3) is 3.87. The molecule has 2 aromatic rings. The molecule has 0 saturated heterocycles. The lowest BCUT2D eigenvalue weighted by Gasteiger charge is -2.10. The fraction of sp³-hybridized carbons (Fsp3) is 0.143. The van der Waals surface area contributed by atoms with Crippen molar-refractivity contribution in [2.24, 2.45) is 0 Å². The normalized spacial score (nSPS) is 10.7. The first-order valence-electron chi connectivity index (χ1n) is 5.66. The Bertz CT molecular complexity index is 587. The molecule has 0 spiro atoms. The topological polar surface area (TPSA) is 12.0 Å². The molecular weight excluding hydrogens is 368 g/mol.